The lowest BCUT2D eigenvalue weighted by Crippen LogP contribution is -2.07. The zero-order valence-electron chi connectivity index (χ0n) is 11.3. The Labute approximate surface area is 113 Å². The summed E-state index contributed by atoms with van der Waals surface area (Å²) in [5.41, 5.74) is 8.94. The number of nitrogens with one attached hydrogen (secondary N) is 1. The van der Waals surface area contributed by atoms with E-state index in [4.69, 9.17) is 10.5 Å². The highest BCUT2D eigenvalue weighted by Crippen LogP contribution is 2.21. The molecule has 1 unspecified atom stereocenters. The smallest absolute Gasteiger partial charge is 0.214 e. The maximum absolute atomic E-state index is 5.60. The molecular weight excluding hydrogens is 238 g/mol. The standard InChI is InChI=1S/C15H19N3O/c1-11(13-5-3-12(10-16)4-6-13)18-14-7-8-17-15(9-14)19-2/h3-9,11H,10,16H2,1-2H3,(H,17,18). The van der Waals surface area contributed by atoms with Crippen LogP contribution in [0.25, 0.3) is 0 Å². The van der Waals surface area contributed by atoms with Crippen LogP contribution in [0.3, 0.4) is 0 Å². The van der Waals surface area contributed by atoms with Gasteiger partial charge in [-0.05, 0) is 24.1 Å². The van der Waals surface area contributed by atoms with E-state index in [0.29, 0.717) is 12.4 Å². The summed E-state index contributed by atoms with van der Waals surface area (Å²) < 4.78 is 5.11. The van der Waals surface area contributed by atoms with Gasteiger partial charge in [0.2, 0.25) is 5.88 Å². The van der Waals surface area contributed by atoms with Crippen molar-refractivity contribution in [2.24, 2.45) is 5.73 Å². The largest absolute Gasteiger partial charge is 0.481 e. The van der Waals surface area contributed by atoms with Crippen LogP contribution in [0.2, 0.25) is 0 Å². The van der Waals surface area contributed by atoms with E-state index in [-0.39, 0.29) is 6.04 Å². The van der Waals surface area contributed by atoms with Crippen molar-refractivity contribution in [1.29, 1.82) is 0 Å². The summed E-state index contributed by atoms with van der Waals surface area (Å²) >= 11 is 0. The Balaban J connectivity index is 2.08. The summed E-state index contributed by atoms with van der Waals surface area (Å²) in [5, 5.41) is 3.42. The van der Waals surface area contributed by atoms with E-state index < -0.39 is 0 Å². The molecule has 1 atom stereocenters. The number of hydrogen-bond donors (Lipinski definition) is 2. The Morgan fingerprint density at radius 2 is 2.00 bits per heavy atom. The molecule has 1 aromatic heterocycles. The van der Waals surface area contributed by atoms with Crippen LogP contribution in [-0.4, -0.2) is 12.1 Å². The lowest BCUT2D eigenvalue weighted by atomic mass is 10.1. The average molecular weight is 257 g/mol. The molecule has 0 radical (unpaired) electrons. The number of ether oxygens (including phenoxy) is 1. The van der Waals surface area contributed by atoms with Gasteiger partial charge in [0.15, 0.2) is 0 Å². The molecule has 0 aliphatic rings. The van der Waals surface area contributed by atoms with Gasteiger partial charge in [0.1, 0.15) is 0 Å². The maximum atomic E-state index is 5.60. The van der Waals surface area contributed by atoms with Crippen molar-refractivity contribution in [3.8, 4) is 5.88 Å². The molecule has 0 aliphatic heterocycles. The van der Waals surface area contributed by atoms with Crippen LogP contribution in [0.1, 0.15) is 24.1 Å². The van der Waals surface area contributed by atoms with Crippen molar-refractivity contribution >= 4 is 5.69 Å². The Morgan fingerprint density at radius 1 is 1.26 bits per heavy atom. The van der Waals surface area contributed by atoms with Gasteiger partial charge in [0.25, 0.3) is 0 Å². The predicted octanol–water partition coefficient (Wildman–Crippen LogP) is 2.72. The van der Waals surface area contributed by atoms with Crippen LogP contribution >= 0.6 is 0 Å². The van der Waals surface area contributed by atoms with Gasteiger partial charge in [-0.25, -0.2) is 4.98 Å². The third-order valence-corrected chi connectivity index (χ3v) is 3.04. The van der Waals surface area contributed by atoms with Gasteiger partial charge < -0.3 is 15.8 Å². The molecule has 0 bridgehead atoms. The number of rotatable bonds is 5. The van der Waals surface area contributed by atoms with Crippen LogP contribution < -0.4 is 15.8 Å². The van der Waals surface area contributed by atoms with Gasteiger partial charge in [-0.15, -0.1) is 0 Å². The molecule has 0 fully saturated rings. The Kier molecular flexibility index (Phi) is 4.36. The lowest BCUT2D eigenvalue weighted by molar-refractivity contribution is 0.398. The molecule has 2 rings (SSSR count). The molecule has 3 N–H and O–H groups in total. The molecule has 4 heteroatoms. The highest BCUT2D eigenvalue weighted by molar-refractivity contribution is 5.47. The van der Waals surface area contributed by atoms with Gasteiger partial charge in [-0.1, -0.05) is 24.3 Å². The molecule has 0 saturated carbocycles. The van der Waals surface area contributed by atoms with Gasteiger partial charge in [0, 0.05) is 30.5 Å². The summed E-state index contributed by atoms with van der Waals surface area (Å²) in [6, 6.07) is 12.3. The fourth-order valence-electron chi connectivity index (χ4n) is 1.89. The number of anilines is 1. The van der Waals surface area contributed by atoms with Crippen LogP contribution in [0, 0.1) is 0 Å². The van der Waals surface area contributed by atoms with E-state index in [9.17, 15) is 0 Å². The second kappa shape index (κ2) is 6.20. The van der Waals surface area contributed by atoms with Crippen LogP contribution in [0.5, 0.6) is 5.88 Å². The van der Waals surface area contributed by atoms with E-state index in [2.05, 4.69) is 41.5 Å². The number of nitrogens with zero attached hydrogens (tertiary/aromatic N) is 1. The van der Waals surface area contributed by atoms with Crippen LogP contribution in [-0.2, 0) is 6.54 Å². The summed E-state index contributed by atoms with van der Waals surface area (Å²) in [7, 11) is 1.61. The number of benzene rings is 1. The molecular formula is C15H19N3O. The highest BCUT2D eigenvalue weighted by atomic mass is 16.5. The van der Waals surface area contributed by atoms with Crippen molar-refractivity contribution < 1.29 is 4.74 Å². The zero-order valence-corrected chi connectivity index (χ0v) is 11.3. The monoisotopic (exact) mass is 257 g/mol. The first kappa shape index (κ1) is 13.4. The number of methoxy groups -OCH3 is 1. The van der Waals surface area contributed by atoms with E-state index in [1.165, 1.54) is 5.56 Å². The van der Waals surface area contributed by atoms with Crippen molar-refractivity contribution in [3.05, 3.63) is 53.7 Å². The molecule has 4 nitrogen and oxygen atoms in total. The quantitative estimate of drug-likeness (QED) is 0.864. The van der Waals surface area contributed by atoms with Crippen molar-refractivity contribution in [2.45, 2.75) is 19.5 Å². The predicted molar refractivity (Wildman–Crippen MR) is 77.2 cm³/mol. The molecule has 1 heterocycles. The Bertz CT molecular complexity index is 525. The van der Waals surface area contributed by atoms with E-state index >= 15 is 0 Å². The minimum absolute atomic E-state index is 0.207. The van der Waals surface area contributed by atoms with Gasteiger partial charge in [0.05, 0.1) is 7.11 Å². The number of pyridine rings is 1. The van der Waals surface area contributed by atoms with Crippen LogP contribution in [0.4, 0.5) is 5.69 Å². The summed E-state index contributed by atoms with van der Waals surface area (Å²) in [6.45, 7) is 2.69. The minimum Gasteiger partial charge on any atom is -0.481 e. The first-order valence-corrected chi connectivity index (χ1v) is 6.28. The average Bonchev–Trinajstić information content (AvgIpc) is 2.47. The van der Waals surface area contributed by atoms with Crippen molar-refractivity contribution in [1.82, 2.24) is 4.98 Å². The SMILES string of the molecule is COc1cc(NC(C)c2ccc(CN)cc2)ccn1. The van der Waals surface area contributed by atoms with Gasteiger partial charge in [-0.3, -0.25) is 0 Å². The van der Waals surface area contributed by atoms with E-state index in [1.807, 2.05) is 12.1 Å². The normalized spacial score (nSPS) is 11.9. The second-order valence-electron chi connectivity index (χ2n) is 4.40. The highest BCUT2D eigenvalue weighted by Gasteiger charge is 2.06. The van der Waals surface area contributed by atoms with Gasteiger partial charge in [-0.2, -0.15) is 0 Å². The van der Waals surface area contributed by atoms with Crippen molar-refractivity contribution in [2.75, 3.05) is 12.4 Å². The number of aromatic nitrogens is 1. The summed E-state index contributed by atoms with van der Waals surface area (Å²) in [6.07, 6.45) is 1.73. The minimum atomic E-state index is 0.207. The molecule has 0 amide bonds. The molecule has 2 aromatic rings. The fourth-order valence-corrected chi connectivity index (χ4v) is 1.89. The Hall–Kier alpha value is -2.07. The summed E-state index contributed by atoms with van der Waals surface area (Å²) in [5.74, 6) is 0.607. The second-order valence-corrected chi connectivity index (χ2v) is 4.40. The van der Waals surface area contributed by atoms with Crippen LogP contribution in [0.15, 0.2) is 42.6 Å². The third-order valence-electron chi connectivity index (χ3n) is 3.04. The third kappa shape index (κ3) is 3.45. The molecule has 19 heavy (non-hydrogen) atoms. The number of hydrogen-bond acceptors (Lipinski definition) is 4. The van der Waals surface area contributed by atoms with Gasteiger partial charge >= 0.3 is 0 Å². The zero-order chi connectivity index (χ0) is 13.7. The first-order chi connectivity index (χ1) is 9.22. The summed E-state index contributed by atoms with van der Waals surface area (Å²) in [4.78, 5) is 4.08. The molecule has 0 saturated heterocycles. The maximum Gasteiger partial charge on any atom is 0.214 e. The first-order valence-electron chi connectivity index (χ1n) is 6.28. The molecule has 0 spiro atoms. The molecule has 0 aliphatic carbocycles. The Morgan fingerprint density at radius 3 is 2.63 bits per heavy atom. The van der Waals surface area contributed by atoms with Crippen molar-refractivity contribution in [3.63, 3.8) is 0 Å². The number of nitrogens with two attached hydrogens (primary N) is 1. The molecule has 100 valence electrons. The molecule has 1 aromatic carbocycles. The van der Waals surface area contributed by atoms with E-state index in [1.54, 1.807) is 13.3 Å². The fraction of sp³-hybridized carbons (Fsp3) is 0.267. The topological polar surface area (TPSA) is 60.2 Å². The lowest BCUT2D eigenvalue weighted by Gasteiger charge is -2.16. The van der Waals surface area contributed by atoms with E-state index in [0.717, 1.165) is 11.3 Å².